The first-order valence-corrected chi connectivity index (χ1v) is 12.2. The number of hydrogen-bond acceptors (Lipinski definition) is 6. The molecule has 0 radical (unpaired) electrons. The van der Waals surface area contributed by atoms with Crippen LogP contribution < -0.4 is 20.3 Å². The van der Waals surface area contributed by atoms with Crippen LogP contribution in [0.15, 0.2) is 83.7 Å². The van der Waals surface area contributed by atoms with E-state index in [1.54, 1.807) is 7.11 Å². The molecule has 1 aromatic heterocycles. The van der Waals surface area contributed by atoms with Gasteiger partial charge < -0.3 is 19.8 Å². The predicted octanol–water partition coefficient (Wildman–Crippen LogP) is 4.10. The number of rotatable bonds is 12. The zero-order valence-electron chi connectivity index (χ0n) is 20.8. The molecular weight excluding hydrogens is 468 g/mol. The zero-order valence-corrected chi connectivity index (χ0v) is 20.8. The van der Waals surface area contributed by atoms with Gasteiger partial charge in [-0.05, 0) is 60.4 Å². The molecule has 190 valence electrons. The van der Waals surface area contributed by atoms with Crippen LogP contribution in [0.4, 0.5) is 0 Å². The number of nitrogens with zero attached hydrogens (tertiary/aromatic N) is 2. The highest BCUT2D eigenvalue weighted by Gasteiger charge is 2.10. The van der Waals surface area contributed by atoms with Gasteiger partial charge in [0.1, 0.15) is 23.8 Å². The molecule has 2 N–H and O–H groups in total. The molecule has 0 aliphatic rings. The van der Waals surface area contributed by atoms with Crippen molar-refractivity contribution in [3.63, 3.8) is 0 Å². The van der Waals surface area contributed by atoms with E-state index in [1.807, 2.05) is 66.7 Å². The Balaban J connectivity index is 1.24. The van der Waals surface area contributed by atoms with Gasteiger partial charge in [0.2, 0.25) is 5.91 Å². The molecule has 0 bridgehead atoms. The number of methoxy groups -OCH3 is 1. The summed E-state index contributed by atoms with van der Waals surface area (Å²) < 4.78 is 11.1. The lowest BCUT2D eigenvalue weighted by Crippen LogP contribution is -2.26. The smallest absolute Gasteiger partial charge is 0.273 e. The summed E-state index contributed by atoms with van der Waals surface area (Å²) >= 11 is 0. The van der Waals surface area contributed by atoms with E-state index in [-0.39, 0.29) is 30.0 Å². The van der Waals surface area contributed by atoms with Gasteiger partial charge in [0.25, 0.3) is 5.56 Å². The van der Waals surface area contributed by atoms with Gasteiger partial charge in [0, 0.05) is 24.9 Å². The van der Waals surface area contributed by atoms with Crippen LogP contribution in [-0.4, -0.2) is 34.7 Å². The summed E-state index contributed by atoms with van der Waals surface area (Å²) in [6.07, 6.45) is 2.17. The average Bonchev–Trinajstić information content (AvgIpc) is 2.94. The van der Waals surface area contributed by atoms with Crippen LogP contribution in [0.5, 0.6) is 11.5 Å². The van der Waals surface area contributed by atoms with E-state index < -0.39 is 0 Å². The molecule has 4 aromatic rings. The van der Waals surface area contributed by atoms with Crippen molar-refractivity contribution in [3.05, 3.63) is 106 Å². The molecule has 0 atom stereocenters. The first-order valence-electron chi connectivity index (χ1n) is 12.2. The lowest BCUT2D eigenvalue weighted by Gasteiger charge is -2.08. The van der Waals surface area contributed by atoms with Gasteiger partial charge in [-0.1, -0.05) is 42.5 Å². The van der Waals surface area contributed by atoms with Gasteiger partial charge in [0.15, 0.2) is 5.82 Å². The van der Waals surface area contributed by atoms with E-state index in [2.05, 4.69) is 32.6 Å². The van der Waals surface area contributed by atoms with Crippen molar-refractivity contribution < 1.29 is 14.3 Å². The Bertz CT molecular complexity index is 1350. The first kappa shape index (κ1) is 25.6. The normalized spacial score (nSPS) is 10.6. The van der Waals surface area contributed by atoms with Crippen molar-refractivity contribution in [2.24, 2.45) is 0 Å². The first-order chi connectivity index (χ1) is 18.1. The number of ether oxygens (including phenoxy) is 2. The molecule has 0 aliphatic heterocycles. The maximum Gasteiger partial charge on any atom is 0.273 e. The summed E-state index contributed by atoms with van der Waals surface area (Å²) in [5, 5.41) is 11.1. The third kappa shape index (κ3) is 7.76. The Morgan fingerprint density at radius 1 is 0.892 bits per heavy atom. The van der Waals surface area contributed by atoms with Gasteiger partial charge in [-0.25, -0.2) is 0 Å². The summed E-state index contributed by atoms with van der Waals surface area (Å²) in [4.78, 5) is 27.4. The van der Waals surface area contributed by atoms with Crippen LogP contribution in [0.3, 0.4) is 0 Å². The molecule has 8 heteroatoms. The standard InChI is InChI=1S/C29H30N4O4/c1-36-25-11-5-9-22(19-25)20-37-24-14-12-23(13-15-24)28-31-29(35)26(32-33-28)16-17-27(34)30-18-6-10-21-7-3-2-4-8-21/h2-5,7-9,11-15,19H,6,10,16-18,20H2,1H3,(H,30,34)(H,31,33,35). The van der Waals surface area contributed by atoms with E-state index in [1.165, 1.54) is 5.56 Å². The Labute approximate surface area is 215 Å². The lowest BCUT2D eigenvalue weighted by molar-refractivity contribution is -0.121. The van der Waals surface area contributed by atoms with Crippen molar-refractivity contribution in [2.45, 2.75) is 32.3 Å². The lowest BCUT2D eigenvalue weighted by atomic mass is 10.1. The van der Waals surface area contributed by atoms with Gasteiger partial charge in [-0.15, -0.1) is 10.2 Å². The van der Waals surface area contributed by atoms with Crippen LogP contribution >= 0.6 is 0 Å². The number of hydrogen-bond donors (Lipinski definition) is 2. The van der Waals surface area contributed by atoms with Gasteiger partial charge in [0.05, 0.1) is 7.11 Å². The molecule has 0 saturated carbocycles. The molecule has 0 unspecified atom stereocenters. The minimum absolute atomic E-state index is 0.108. The van der Waals surface area contributed by atoms with Crippen LogP contribution in [0, 0.1) is 0 Å². The molecule has 1 heterocycles. The van der Waals surface area contributed by atoms with Gasteiger partial charge in [-0.2, -0.15) is 0 Å². The van der Waals surface area contributed by atoms with Gasteiger partial charge in [-0.3, -0.25) is 9.59 Å². The molecule has 4 rings (SSSR count). The van der Waals surface area contributed by atoms with Gasteiger partial charge >= 0.3 is 0 Å². The second-order valence-electron chi connectivity index (χ2n) is 8.55. The van der Waals surface area contributed by atoms with E-state index in [0.717, 1.165) is 24.2 Å². The molecule has 37 heavy (non-hydrogen) atoms. The zero-order chi connectivity index (χ0) is 25.9. The van der Waals surface area contributed by atoms with E-state index in [4.69, 9.17) is 9.47 Å². The largest absolute Gasteiger partial charge is 0.497 e. The Morgan fingerprint density at radius 2 is 1.68 bits per heavy atom. The number of aromatic amines is 1. The molecule has 1 amide bonds. The minimum Gasteiger partial charge on any atom is -0.497 e. The summed E-state index contributed by atoms with van der Waals surface area (Å²) in [5.74, 6) is 1.72. The Morgan fingerprint density at radius 3 is 2.43 bits per heavy atom. The molecule has 0 saturated heterocycles. The maximum absolute atomic E-state index is 12.5. The number of nitrogens with one attached hydrogen (secondary N) is 2. The number of benzene rings is 3. The SMILES string of the molecule is COc1cccc(COc2ccc(-c3nnc(CCC(=O)NCCCc4ccccc4)c(=O)[nH]3)cc2)c1. The number of carbonyl (C=O) groups is 1. The summed E-state index contributed by atoms with van der Waals surface area (Å²) in [6.45, 7) is 0.996. The highest BCUT2D eigenvalue weighted by atomic mass is 16.5. The maximum atomic E-state index is 12.5. The molecule has 0 fully saturated rings. The Hall–Kier alpha value is -4.46. The van der Waals surface area contributed by atoms with E-state index in [9.17, 15) is 9.59 Å². The van der Waals surface area contributed by atoms with Crippen LogP contribution in [0.25, 0.3) is 11.4 Å². The summed E-state index contributed by atoms with van der Waals surface area (Å²) in [7, 11) is 1.63. The quantitative estimate of drug-likeness (QED) is 0.285. The Kier molecular flexibility index (Phi) is 9.02. The fourth-order valence-electron chi connectivity index (χ4n) is 3.78. The predicted molar refractivity (Wildman–Crippen MR) is 142 cm³/mol. The second kappa shape index (κ2) is 13.0. The number of aryl methyl sites for hydroxylation is 2. The fraction of sp³-hybridized carbons (Fsp3) is 0.241. The minimum atomic E-state index is -0.347. The van der Waals surface area contributed by atoms with E-state index >= 15 is 0 Å². The highest BCUT2D eigenvalue weighted by Crippen LogP contribution is 2.20. The third-order valence-electron chi connectivity index (χ3n) is 5.83. The van der Waals surface area contributed by atoms with Crippen LogP contribution in [-0.2, 0) is 24.2 Å². The summed E-state index contributed by atoms with van der Waals surface area (Å²) in [5.41, 5.74) is 2.84. The van der Waals surface area contributed by atoms with Crippen molar-refractivity contribution in [1.82, 2.24) is 20.5 Å². The topological polar surface area (TPSA) is 106 Å². The molecule has 8 nitrogen and oxygen atoms in total. The number of amides is 1. The van der Waals surface area contributed by atoms with Crippen molar-refractivity contribution in [1.29, 1.82) is 0 Å². The second-order valence-corrected chi connectivity index (χ2v) is 8.55. The number of carbonyl (C=O) groups excluding carboxylic acids is 1. The molecular formula is C29H30N4O4. The highest BCUT2D eigenvalue weighted by molar-refractivity contribution is 5.76. The van der Waals surface area contributed by atoms with E-state index in [0.29, 0.717) is 30.3 Å². The van der Waals surface area contributed by atoms with Crippen molar-refractivity contribution in [2.75, 3.05) is 13.7 Å². The van der Waals surface area contributed by atoms with Crippen LogP contribution in [0.1, 0.15) is 29.7 Å². The van der Waals surface area contributed by atoms with Crippen molar-refractivity contribution in [3.8, 4) is 22.9 Å². The van der Waals surface area contributed by atoms with Crippen molar-refractivity contribution >= 4 is 5.91 Å². The van der Waals surface area contributed by atoms with Crippen LogP contribution in [0.2, 0.25) is 0 Å². The number of aromatic nitrogens is 3. The summed E-state index contributed by atoms with van der Waals surface area (Å²) in [6, 6.07) is 25.1. The number of H-pyrrole nitrogens is 1. The third-order valence-corrected chi connectivity index (χ3v) is 5.83. The molecule has 0 aliphatic carbocycles. The molecule has 0 spiro atoms. The fourth-order valence-corrected chi connectivity index (χ4v) is 3.78. The molecule has 3 aromatic carbocycles. The monoisotopic (exact) mass is 498 g/mol. The average molecular weight is 499 g/mol.